The van der Waals surface area contributed by atoms with E-state index in [1.807, 2.05) is 0 Å². The Morgan fingerprint density at radius 3 is 2.60 bits per heavy atom. The Labute approximate surface area is 57.6 Å². The number of nitrogens with zero attached hydrogens (tertiary/aromatic N) is 1. The summed E-state index contributed by atoms with van der Waals surface area (Å²) in [5, 5.41) is 7.29. The van der Waals surface area contributed by atoms with Gasteiger partial charge in [-0.25, -0.2) is 14.6 Å². The number of halogens is 2. The number of nitrogens with two attached hydrogens (primary N) is 1. The summed E-state index contributed by atoms with van der Waals surface area (Å²) in [4.78, 5) is 0. The maximum atomic E-state index is 11.6. The lowest BCUT2D eigenvalue weighted by atomic mass is 10.5. The average Bonchev–Trinajstić information content (AvgIpc) is 1.87. The van der Waals surface area contributed by atoms with E-state index in [1.165, 1.54) is 6.08 Å². The number of rotatable bonds is 3. The Bertz CT molecular complexity index is 135. The van der Waals surface area contributed by atoms with Crippen LogP contribution in [0.2, 0.25) is 0 Å². The van der Waals surface area contributed by atoms with E-state index in [4.69, 9.17) is 11.3 Å². The predicted octanol–water partition coefficient (Wildman–Crippen LogP) is 0.590. The third-order valence-electron chi connectivity index (χ3n) is 0.842. The van der Waals surface area contributed by atoms with Gasteiger partial charge in [0.05, 0.1) is 6.54 Å². The zero-order valence-corrected chi connectivity index (χ0v) is 5.35. The Hall–Kier alpha value is -0.970. The minimum absolute atomic E-state index is 0.0587. The standard InChI is InChI=1S/C5H9F2N3/c1-2-3-10(9)5(8)4(6)7/h2,4,8H,1,3,9H2. The Morgan fingerprint density at radius 2 is 2.30 bits per heavy atom. The molecule has 0 spiro atoms. The zero-order chi connectivity index (χ0) is 8.15. The van der Waals surface area contributed by atoms with Gasteiger partial charge in [-0.1, -0.05) is 6.08 Å². The molecule has 0 saturated carbocycles. The summed E-state index contributed by atoms with van der Waals surface area (Å²) in [6.07, 6.45) is -1.47. The second-order valence-corrected chi connectivity index (χ2v) is 1.63. The van der Waals surface area contributed by atoms with E-state index in [2.05, 4.69) is 6.58 Å². The van der Waals surface area contributed by atoms with Crippen LogP contribution < -0.4 is 5.84 Å². The Balaban J connectivity index is 3.81. The number of nitrogens with one attached hydrogen (secondary N) is 1. The van der Waals surface area contributed by atoms with Gasteiger partial charge < -0.3 is 0 Å². The summed E-state index contributed by atoms with van der Waals surface area (Å²) in [5.74, 6) is 4.10. The molecule has 0 atom stereocenters. The first-order chi connectivity index (χ1) is 4.59. The first kappa shape index (κ1) is 9.03. The van der Waals surface area contributed by atoms with Gasteiger partial charge in [-0.2, -0.15) is 0 Å². The summed E-state index contributed by atoms with van der Waals surface area (Å²) < 4.78 is 23.2. The molecule has 3 nitrogen and oxygen atoms in total. The molecule has 10 heavy (non-hydrogen) atoms. The molecule has 0 fully saturated rings. The molecule has 0 radical (unpaired) electrons. The fraction of sp³-hybridized carbons (Fsp3) is 0.400. The second kappa shape index (κ2) is 3.94. The van der Waals surface area contributed by atoms with Crippen LogP contribution in [0.15, 0.2) is 12.7 Å². The van der Waals surface area contributed by atoms with Gasteiger partial charge in [0.15, 0.2) is 5.84 Å². The fourth-order valence-electron chi connectivity index (χ4n) is 0.363. The van der Waals surface area contributed by atoms with Gasteiger partial charge in [-0.15, -0.1) is 6.58 Å². The highest BCUT2D eigenvalue weighted by Crippen LogP contribution is 1.96. The van der Waals surface area contributed by atoms with Crippen molar-refractivity contribution in [1.82, 2.24) is 5.01 Å². The van der Waals surface area contributed by atoms with E-state index >= 15 is 0 Å². The van der Waals surface area contributed by atoms with Crippen molar-refractivity contribution >= 4 is 5.84 Å². The minimum atomic E-state index is -2.81. The lowest BCUT2D eigenvalue weighted by Crippen LogP contribution is -2.40. The van der Waals surface area contributed by atoms with Crippen LogP contribution in [0.25, 0.3) is 0 Å². The minimum Gasteiger partial charge on any atom is -0.290 e. The SMILES string of the molecule is C=CCN(N)C(=N)C(F)F. The molecule has 0 aliphatic heterocycles. The summed E-state index contributed by atoms with van der Waals surface area (Å²) in [6, 6.07) is 0. The maximum absolute atomic E-state index is 11.6. The van der Waals surface area contributed by atoms with E-state index in [1.54, 1.807) is 0 Å². The van der Waals surface area contributed by atoms with Gasteiger partial charge in [0.25, 0.3) is 6.43 Å². The number of amidine groups is 1. The van der Waals surface area contributed by atoms with E-state index in [9.17, 15) is 8.78 Å². The molecule has 0 aromatic carbocycles. The topological polar surface area (TPSA) is 53.1 Å². The van der Waals surface area contributed by atoms with Gasteiger partial charge in [0.2, 0.25) is 0 Å². The van der Waals surface area contributed by atoms with Crippen molar-refractivity contribution in [3.63, 3.8) is 0 Å². The smallest absolute Gasteiger partial charge is 0.290 e. The molecule has 0 aromatic rings. The van der Waals surface area contributed by atoms with Crippen LogP contribution in [0.5, 0.6) is 0 Å². The molecule has 5 heteroatoms. The number of alkyl halides is 2. The van der Waals surface area contributed by atoms with Crippen LogP contribution in [0.3, 0.4) is 0 Å². The molecule has 58 valence electrons. The normalized spacial score (nSPS) is 9.60. The monoisotopic (exact) mass is 149 g/mol. The molecule has 0 saturated heterocycles. The van der Waals surface area contributed by atoms with Crippen LogP contribution in [-0.2, 0) is 0 Å². The van der Waals surface area contributed by atoms with Gasteiger partial charge in [0.1, 0.15) is 0 Å². The summed E-state index contributed by atoms with van der Waals surface area (Å²) in [5.41, 5.74) is 0. The highest BCUT2D eigenvalue weighted by molar-refractivity contribution is 5.81. The van der Waals surface area contributed by atoms with Gasteiger partial charge in [-0.3, -0.25) is 10.4 Å². The van der Waals surface area contributed by atoms with Crippen molar-refractivity contribution < 1.29 is 8.78 Å². The molecule has 0 aliphatic rings. The molecule has 0 bridgehead atoms. The summed E-state index contributed by atoms with van der Waals surface area (Å²) in [6.45, 7) is 3.34. The van der Waals surface area contributed by atoms with Crippen LogP contribution in [0.1, 0.15) is 0 Å². The molecule has 0 rings (SSSR count). The quantitative estimate of drug-likeness (QED) is 0.203. The molecular weight excluding hydrogens is 140 g/mol. The number of hydrogen-bond acceptors (Lipinski definition) is 2. The van der Waals surface area contributed by atoms with Gasteiger partial charge >= 0.3 is 0 Å². The van der Waals surface area contributed by atoms with E-state index < -0.39 is 12.3 Å². The fourth-order valence-corrected chi connectivity index (χ4v) is 0.363. The lowest BCUT2D eigenvalue weighted by Gasteiger charge is -2.15. The lowest BCUT2D eigenvalue weighted by molar-refractivity contribution is 0.202. The van der Waals surface area contributed by atoms with Gasteiger partial charge in [-0.05, 0) is 0 Å². The van der Waals surface area contributed by atoms with Crippen molar-refractivity contribution in [3.8, 4) is 0 Å². The highest BCUT2D eigenvalue weighted by atomic mass is 19.3. The van der Waals surface area contributed by atoms with Crippen LogP contribution >= 0.6 is 0 Å². The first-order valence-electron chi connectivity index (χ1n) is 2.59. The zero-order valence-electron chi connectivity index (χ0n) is 5.35. The van der Waals surface area contributed by atoms with Crippen molar-refractivity contribution in [2.24, 2.45) is 5.84 Å². The Morgan fingerprint density at radius 1 is 1.80 bits per heavy atom. The van der Waals surface area contributed by atoms with Crippen molar-refractivity contribution in [2.45, 2.75) is 6.43 Å². The average molecular weight is 149 g/mol. The largest absolute Gasteiger partial charge is 0.295 e. The third kappa shape index (κ3) is 2.54. The first-order valence-corrected chi connectivity index (χ1v) is 2.59. The number of hydrogen-bond donors (Lipinski definition) is 2. The van der Waals surface area contributed by atoms with E-state index in [0.717, 1.165) is 0 Å². The van der Waals surface area contributed by atoms with Crippen LogP contribution in [0.4, 0.5) is 8.78 Å². The second-order valence-electron chi connectivity index (χ2n) is 1.63. The van der Waals surface area contributed by atoms with Crippen molar-refractivity contribution in [1.29, 1.82) is 5.41 Å². The van der Waals surface area contributed by atoms with Crippen LogP contribution in [0, 0.1) is 5.41 Å². The predicted molar refractivity (Wildman–Crippen MR) is 34.8 cm³/mol. The maximum Gasteiger partial charge on any atom is 0.295 e. The molecular formula is C5H9F2N3. The van der Waals surface area contributed by atoms with Crippen molar-refractivity contribution in [3.05, 3.63) is 12.7 Å². The van der Waals surface area contributed by atoms with E-state index in [-0.39, 0.29) is 6.54 Å². The molecule has 0 amide bonds. The third-order valence-corrected chi connectivity index (χ3v) is 0.842. The van der Waals surface area contributed by atoms with Gasteiger partial charge in [0, 0.05) is 0 Å². The van der Waals surface area contributed by atoms with E-state index in [0.29, 0.717) is 5.01 Å². The molecule has 0 aromatic heterocycles. The molecule has 3 N–H and O–H groups in total. The summed E-state index contributed by atoms with van der Waals surface area (Å²) in [7, 11) is 0. The molecule has 0 unspecified atom stereocenters. The highest BCUT2D eigenvalue weighted by Gasteiger charge is 2.14. The van der Waals surface area contributed by atoms with Crippen LogP contribution in [-0.4, -0.2) is 23.8 Å². The molecule has 0 heterocycles. The Kier molecular flexibility index (Phi) is 3.56. The molecule has 0 aliphatic carbocycles. The summed E-state index contributed by atoms with van der Waals surface area (Å²) >= 11 is 0. The number of hydrazine groups is 1. The van der Waals surface area contributed by atoms with Crippen molar-refractivity contribution in [2.75, 3.05) is 6.54 Å².